The molecule has 0 aliphatic rings. The van der Waals surface area contributed by atoms with Gasteiger partial charge in [0, 0.05) is 62.0 Å². The van der Waals surface area contributed by atoms with Crippen LogP contribution in [-0.4, -0.2) is 53.5 Å². The third-order valence-electron chi connectivity index (χ3n) is 7.06. The first-order valence-corrected chi connectivity index (χ1v) is 13.5. The summed E-state index contributed by atoms with van der Waals surface area (Å²) in [4.78, 5) is 17.3. The number of aromatic nitrogens is 5. The van der Waals surface area contributed by atoms with Gasteiger partial charge in [0.2, 0.25) is 0 Å². The minimum Gasteiger partial charge on any atom is -0.348 e. The van der Waals surface area contributed by atoms with Crippen LogP contribution in [0.25, 0.3) is 10.9 Å². The molecule has 0 fully saturated rings. The second-order valence-corrected chi connectivity index (χ2v) is 10.0. The lowest BCUT2D eigenvalue weighted by Crippen LogP contribution is -2.26. The average molecular weight is 490 g/mol. The lowest BCUT2D eigenvalue weighted by atomic mass is 10.1. The quantitative estimate of drug-likeness (QED) is 0.231. The summed E-state index contributed by atoms with van der Waals surface area (Å²) in [6, 6.07) is 9.30. The maximum atomic E-state index is 4.54. The molecule has 0 amide bonds. The standard InChI is InChI=1S/C29H43N7/c1-5-15-35(16-6-2)17-8-7-9-26-20-25-19-24(10-11-27(25)34(26)4)21-36(22-28-30-12-13-31-28)23-29-32-14-18-33(29)3/h10-14,18-20H,5-9,15-17,21-23H2,1-4H3,(H,30,31). The first-order valence-electron chi connectivity index (χ1n) is 13.5. The summed E-state index contributed by atoms with van der Waals surface area (Å²) in [5.41, 5.74) is 4.06. The van der Waals surface area contributed by atoms with Crippen molar-refractivity contribution in [3.8, 4) is 0 Å². The van der Waals surface area contributed by atoms with Crippen LogP contribution in [0.15, 0.2) is 49.1 Å². The van der Waals surface area contributed by atoms with E-state index >= 15 is 0 Å². The largest absolute Gasteiger partial charge is 0.348 e. The molecule has 1 N–H and O–H groups in total. The lowest BCUT2D eigenvalue weighted by molar-refractivity contribution is 0.233. The molecule has 3 heterocycles. The number of rotatable bonds is 15. The Kier molecular flexibility index (Phi) is 9.36. The average Bonchev–Trinajstić information content (AvgIpc) is 3.59. The van der Waals surface area contributed by atoms with Crippen LogP contribution >= 0.6 is 0 Å². The van der Waals surface area contributed by atoms with Crippen molar-refractivity contribution in [2.45, 2.75) is 65.6 Å². The Morgan fingerprint density at radius 1 is 0.861 bits per heavy atom. The van der Waals surface area contributed by atoms with Crippen LogP contribution in [0, 0.1) is 0 Å². The van der Waals surface area contributed by atoms with Gasteiger partial charge in [-0.3, -0.25) is 4.90 Å². The molecule has 1 aromatic carbocycles. The third kappa shape index (κ3) is 6.86. The first-order chi connectivity index (χ1) is 17.6. The molecule has 194 valence electrons. The van der Waals surface area contributed by atoms with E-state index in [2.05, 4.69) is 86.1 Å². The Labute approximate surface area is 216 Å². The number of hydrogen-bond donors (Lipinski definition) is 1. The van der Waals surface area contributed by atoms with Gasteiger partial charge in [-0.2, -0.15) is 0 Å². The van der Waals surface area contributed by atoms with Gasteiger partial charge in [-0.15, -0.1) is 0 Å². The van der Waals surface area contributed by atoms with Gasteiger partial charge in [-0.1, -0.05) is 19.9 Å². The van der Waals surface area contributed by atoms with Gasteiger partial charge in [0.1, 0.15) is 11.6 Å². The van der Waals surface area contributed by atoms with E-state index in [0.717, 1.165) is 37.7 Å². The zero-order chi connectivity index (χ0) is 25.3. The maximum absolute atomic E-state index is 4.54. The summed E-state index contributed by atoms with van der Waals surface area (Å²) in [6.07, 6.45) is 13.7. The van der Waals surface area contributed by atoms with Gasteiger partial charge in [0.05, 0.1) is 13.1 Å². The van der Waals surface area contributed by atoms with E-state index < -0.39 is 0 Å². The number of hydrogen-bond acceptors (Lipinski definition) is 4. The van der Waals surface area contributed by atoms with Crippen molar-refractivity contribution in [3.63, 3.8) is 0 Å². The molecule has 4 rings (SSSR count). The second-order valence-electron chi connectivity index (χ2n) is 10.0. The van der Waals surface area contributed by atoms with Crippen molar-refractivity contribution in [3.05, 3.63) is 72.0 Å². The number of imidazole rings is 2. The maximum Gasteiger partial charge on any atom is 0.122 e. The summed E-state index contributed by atoms with van der Waals surface area (Å²) in [5.74, 6) is 2.03. The molecule has 7 heteroatoms. The van der Waals surface area contributed by atoms with Gasteiger partial charge in [0.15, 0.2) is 0 Å². The van der Waals surface area contributed by atoms with Crippen LogP contribution in [0.4, 0.5) is 0 Å². The highest BCUT2D eigenvalue weighted by Gasteiger charge is 2.14. The van der Waals surface area contributed by atoms with Crippen LogP contribution in [0.1, 0.15) is 62.4 Å². The molecule has 36 heavy (non-hydrogen) atoms. The van der Waals surface area contributed by atoms with Crippen LogP contribution in [0.2, 0.25) is 0 Å². The van der Waals surface area contributed by atoms with Gasteiger partial charge in [0.25, 0.3) is 0 Å². The van der Waals surface area contributed by atoms with Crippen molar-refractivity contribution < 1.29 is 0 Å². The normalized spacial score (nSPS) is 11.9. The van der Waals surface area contributed by atoms with Crippen LogP contribution in [-0.2, 0) is 40.2 Å². The summed E-state index contributed by atoms with van der Waals surface area (Å²) < 4.78 is 4.47. The number of aromatic amines is 1. The van der Waals surface area contributed by atoms with Gasteiger partial charge < -0.3 is 19.0 Å². The highest BCUT2D eigenvalue weighted by Crippen LogP contribution is 2.23. The molecular weight excluding hydrogens is 446 g/mol. The number of benzene rings is 1. The number of unbranched alkanes of at least 4 members (excludes halogenated alkanes) is 1. The Morgan fingerprint density at radius 2 is 1.69 bits per heavy atom. The minimum atomic E-state index is 0.755. The fourth-order valence-corrected chi connectivity index (χ4v) is 5.17. The predicted octanol–water partition coefficient (Wildman–Crippen LogP) is 5.28. The van der Waals surface area contributed by atoms with E-state index in [1.807, 2.05) is 24.8 Å². The molecule has 0 bridgehead atoms. The van der Waals surface area contributed by atoms with E-state index in [4.69, 9.17) is 0 Å². The highest BCUT2D eigenvalue weighted by molar-refractivity contribution is 5.82. The molecule has 0 radical (unpaired) electrons. The Bertz CT molecular complexity index is 1180. The third-order valence-corrected chi connectivity index (χ3v) is 7.06. The molecule has 0 atom stereocenters. The van der Waals surface area contributed by atoms with Gasteiger partial charge >= 0.3 is 0 Å². The summed E-state index contributed by atoms with van der Waals surface area (Å²) >= 11 is 0. The molecular formula is C29H43N7. The monoisotopic (exact) mass is 489 g/mol. The van der Waals surface area contributed by atoms with E-state index in [1.54, 1.807) is 0 Å². The number of fused-ring (bicyclic) bond motifs is 1. The van der Waals surface area contributed by atoms with Crippen LogP contribution < -0.4 is 0 Å². The fraction of sp³-hybridized carbons (Fsp3) is 0.517. The zero-order valence-corrected chi connectivity index (χ0v) is 22.6. The van der Waals surface area contributed by atoms with Crippen LogP contribution in [0.5, 0.6) is 0 Å². The van der Waals surface area contributed by atoms with Crippen molar-refractivity contribution in [1.82, 2.24) is 33.9 Å². The zero-order valence-electron chi connectivity index (χ0n) is 22.6. The molecule has 0 spiro atoms. The number of aryl methyl sites for hydroxylation is 3. The molecule has 0 aliphatic carbocycles. The molecule has 0 saturated carbocycles. The minimum absolute atomic E-state index is 0.755. The number of H-pyrrole nitrogens is 1. The van der Waals surface area contributed by atoms with Gasteiger partial charge in [-0.05, 0) is 75.5 Å². The summed E-state index contributed by atoms with van der Waals surface area (Å²) in [7, 11) is 4.26. The number of nitrogens with zero attached hydrogens (tertiary/aromatic N) is 6. The molecule has 3 aromatic heterocycles. The first kappa shape index (κ1) is 26.2. The fourth-order valence-electron chi connectivity index (χ4n) is 5.17. The summed E-state index contributed by atoms with van der Waals surface area (Å²) in [5, 5.41) is 1.33. The predicted molar refractivity (Wildman–Crippen MR) is 148 cm³/mol. The summed E-state index contributed by atoms with van der Waals surface area (Å²) in [6.45, 7) is 10.6. The number of nitrogens with one attached hydrogen (secondary N) is 1. The van der Waals surface area contributed by atoms with Crippen molar-refractivity contribution in [2.24, 2.45) is 14.1 Å². The molecule has 0 unspecified atom stereocenters. The Hall–Kier alpha value is -2.90. The van der Waals surface area contributed by atoms with Crippen molar-refractivity contribution in [1.29, 1.82) is 0 Å². The highest BCUT2D eigenvalue weighted by atomic mass is 15.2. The molecule has 0 saturated heterocycles. The second kappa shape index (κ2) is 12.9. The van der Waals surface area contributed by atoms with Gasteiger partial charge in [-0.25, -0.2) is 9.97 Å². The van der Waals surface area contributed by atoms with Crippen molar-refractivity contribution in [2.75, 3.05) is 19.6 Å². The smallest absolute Gasteiger partial charge is 0.122 e. The van der Waals surface area contributed by atoms with E-state index in [-0.39, 0.29) is 0 Å². The lowest BCUT2D eigenvalue weighted by Gasteiger charge is -2.21. The van der Waals surface area contributed by atoms with Crippen molar-refractivity contribution >= 4 is 10.9 Å². The van der Waals surface area contributed by atoms with E-state index in [9.17, 15) is 0 Å². The van der Waals surface area contributed by atoms with E-state index in [0.29, 0.717) is 0 Å². The molecule has 4 aromatic rings. The Balaban J connectivity index is 1.41. The topological polar surface area (TPSA) is 57.9 Å². The van der Waals surface area contributed by atoms with E-state index in [1.165, 1.54) is 67.5 Å². The Morgan fingerprint density at radius 3 is 2.39 bits per heavy atom. The SMILES string of the molecule is CCCN(CCC)CCCCc1cc2cc(CN(Cc3ncc[nH]3)Cc3nccn3C)ccc2n1C. The molecule has 7 nitrogen and oxygen atoms in total. The molecule has 0 aliphatic heterocycles. The van der Waals surface area contributed by atoms with Crippen LogP contribution in [0.3, 0.4) is 0 Å².